The number of amides is 1. The highest BCUT2D eigenvalue weighted by molar-refractivity contribution is 8.18. The van der Waals surface area contributed by atoms with Gasteiger partial charge in [0.25, 0.3) is 5.91 Å². The first kappa shape index (κ1) is 22.4. The number of nitrogens with zero attached hydrogens (tertiary/aromatic N) is 2. The van der Waals surface area contributed by atoms with Gasteiger partial charge in [0.2, 0.25) is 0 Å². The van der Waals surface area contributed by atoms with Gasteiger partial charge in [-0.3, -0.25) is 9.69 Å². The molecule has 3 aromatic rings. The van der Waals surface area contributed by atoms with Crippen molar-refractivity contribution in [1.29, 1.82) is 0 Å². The smallest absolute Gasteiger partial charge is 0.341 e. The minimum Gasteiger partial charge on any atom is -0.482 e. The van der Waals surface area contributed by atoms with Crippen LogP contribution in [0.3, 0.4) is 0 Å². The molecule has 6 nitrogen and oxygen atoms in total. The first-order valence-corrected chi connectivity index (χ1v) is 11.1. The number of carboxylic acids is 1. The second kappa shape index (κ2) is 10.2. The van der Waals surface area contributed by atoms with Crippen LogP contribution in [-0.4, -0.2) is 33.7 Å². The Morgan fingerprint density at radius 2 is 1.73 bits per heavy atom. The minimum absolute atomic E-state index is 0.110. The van der Waals surface area contributed by atoms with Crippen LogP contribution in [0.5, 0.6) is 5.75 Å². The number of benzene rings is 3. The third kappa shape index (κ3) is 5.90. The predicted molar refractivity (Wildman–Crippen MR) is 130 cm³/mol. The molecule has 0 atom stereocenters. The Morgan fingerprint density at radius 1 is 1.03 bits per heavy atom. The number of aryl methyl sites for hydroxylation is 1. The Balaban J connectivity index is 1.60. The second-order valence-electron chi connectivity index (χ2n) is 7.47. The molecule has 7 heteroatoms. The SMILES string of the molecule is Cc1ccc(N=C2S/C(=C\c3ccc(OCC(=O)O)cc3)C(=O)N2Cc2ccccc2)cc1. The van der Waals surface area contributed by atoms with E-state index in [1.54, 1.807) is 29.2 Å². The normalized spacial score (nSPS) is 15.9. The van der Waals surface area contributed by atoms with Crippen LogP contribution in [0.15, 0.2) is 88.8 Å². The van der Waals surface area contributed by atoms with Crippen molar-refractivity contribution in [2.24, 2.45) is 4.99 Å². The summed E-state index contributed by atoms with van der Waals surface area (Å²) in [6.07, 6.45) is 1.81. The average molecular weight is 459 g/mol. The summed E-state index contributed by atoms with van der Waals surface area (Å²) < 4.78 is 5.17. The Kier molecular flexibility index (Phi) is 6.90. The van der Waals surface area contributed by atoms with E-state index in [0.29, 0.717) is 22.4 Å². The van der Waals surface area contributed by atoms with Crippen LogP contribution in [0.1, 0.15) is 16.7 Å². The van der Waals surface area contributed by atoms with Gasteiger partial charge in [0.05, 0.1) is 17.1 Å². The number of carbonyl (C=O) groups excluding carboxylic acids is 1. The maximum absolute atomic E-state index is 13.3. The van der Waals surface area contributed by atoms with E-state index >= 15 is 0 Å². The number of ether oxygens (including phenoxy) is 1. The van der Waals surface area contributed by atoms with Crippen LogP contribution in [0.4, 0.5) is 5.69 Å². The molecule has 0 spiro atoms. The molecule has 166 valence electrons. The Hall–Kier alpha value is -3.84. The van der Waals surface area contributed by atoms with Crippen molar-refractivity contribution >= 4 is 40.6 Å². The summed E-state index contributed by atoms with van der Waals surface area (Å²) in [5, 5.41) is 9.36. The van der Waals surface area contributed by atoms with Crippen molar-refractivity contribution < 1.29 is 19.4 Å². The van der Waals surface area contributed by atoms with E-state index in [2.05, 4.69) is 0 Å². The van der Waals surface area contributed by atoms with Crippen molar-refractivity contribution in [2.75, 3.05) is 6.61 Å². The number of carboxylic acid groups (broad SMARTS) is 1. The summed E-state index contributed by atoms with van der Waals surface area (Å²) in [6, 6.07) is 24.6. The zero-order chi connectivity index (χ0) is 23.2. The maximum atomic E-state index is 13.3. The Morgan fingerprint density at radius 3 is 2.39 bits per heavy atom. The zero-order valence-electron chi connectivity index (χ0n) is 18.0. The van der Waals surface area contributed by atoms with Gasteiger partial charge in [-0.25, -0.2) is 9.79 Å². The van der Waals surface area contributed by atoms with Gasteiger partial charge in [0, 0.05) is 0 Å². The lowest BCUT2D eigenvalue weighted by Gasteiger charge is -2.15. The summed E-state index contributed by atoms with van der Waals surface area (Å²) in [4.78, 5) is 30.9. The molecular formula is C26H22N2O4S. The van der Waals surface area contributed by atoms with E-state index in [0.717, 1.165) is 22.4 Å². The van der Waals surface area contributed by atoms with Gasteiger partial charge in [-0.15, -0.1) is 0 Å². The zero-order valence-corrected chi connectivity index (χ0v) is 18.8. The van der Waals surface area contributed by atoms with E-state index < -0.39 is 12.6 Å². The summed E-state index contributed by atoms with van der Waals surface area (Å²) in [5.74, 6) is -0.689. The summed E-state index contributed by atoms with van der Waals surface area (Å²) in [6.45, 7) is 2.05. The number of carbonyl (C=O) groups is 2. The first-order valence-electron chi connectivity index (χ1n) is 10.3. The summed E-state index contributed by atoms with van der Waals surface area (Å²) in [7, 11) is 0. The van der Waals surface area contributed by atoms with Crippen LogP contribution < -0.4 is 4.74 Å². The standard InChI is InChI=1S/C26H22N2O4S/c1-18-7-11-21(12-8-18)27-26-28(16-20-5-3-2-4-6-20)25(31)23(33-26)15-19-9-13-22(14-10-19)32-17-24(29)30/h2-15H,16-17H2,1H3,(H,29,30)/b23-15-,27-26?. The number of aliphatic carboxylic acids is 1. The third-order valence-electron chi connectivity index (χ3n) is 4.87. The number of hydrogen-bond donors (Lipinski definition) is 1. The van der Waals surface area contributed by atoms with Gasteiger partial charge < -0.3 is 9.84 Å². The van der Waals surface area contributed by atoms with Crippen molar-refractivity contribution in [1.82, 2.24) is 4.90 Å². The molecule has 3 aromatic carbocycles. The Labute approximate surface area is 196 Å². The maximum Gasteiger partial charge on any atom is 0.341 e. The van der Waals surface area contributed by atoms with E-state index in [1.165, 1.54) is 11.8 Å². The molecular weight excluding hydrogens is 436 g/mol. The van der Waals surface area contributed by atoms with Gasteiger partial charge in [0.15, 0.2) is 11.8 Å². The minimum atomic E-state index is -1.03. The monoisotopic (exact) mass is 458 g/mol. The third-order valence-corrected chi connectivity index (χ3v) is 5.88. The summed E-state index contributed by atoms with van der Waals surface area (Å²) in [5.41, 5.74) is 3.76. The molecule has 0 unspecified atom stereocenters. The number of aliphatic imine (C=N–C) groups is 1. The number of thioether (sulfide) groups is 1. The van der Waals surface area contributed by atoms with Crippen molar-refractivity contribution in [3.8, 4) is 5.75 Å². The molecule has 1 aliphatic rings. The lowest BCUT2D eigenvalue weighted by atomic mass is 10.2. The highest BCUT2D eigenvalue weighted by Gasteiger charge is 2.33. The highest BCUT2D eigenvalue weighted by atomic mass is 32.2. The van der Waals surface area contributed by atoms with Crippen molar-refractivity contribution in [3.05, 3.63) is 100 Å². The summed E-state index contributed by atoms with van der Waals surface area (Å²) >= 11 is 1.34. The lowest BCUT2D eigenvalue weighted by molar-refractivity contribution is -0.139. The lowest BCUT2D eigenvalue weighted by Crippen LogP contribution is -2.28. The van der Waals surface area contributed by atoms with E-state index in [4.69, 9.17) is 14.8 Å². The van der Waals surface area contributed by atoms with Crippen molar-refractivity contribution in [3.63, 3.8) is 0 Å². The topological polar surface area (TPSA) is 79.2 Å². The molecule has 1 N–H and O–H groups in total. The molecule has 0 aromatic heterocycles. The van der Waals surface area contributed by atoms with E-state index in [1.807, 2.05) is 67.6 Å². The molecule has 33 heavy (non-hydrogen) atoms. The van der Waals surface area contributed by atoms with E-state index in [9.17, 15) is 9.59 Å². The van der Waals surface area contributed by atoms with Crippen molar-refractivity contribution in [2.45, 2.75) is 13.5 Å². The largest absolute Gasteiger partial charge is 0.482 e. The van der Waals surface area contributed by atoms with Gasteiger partial charge in [-0.05, 0) is 60.2 Å². The Bertz CT molecular complexity index is 1200. The van der Waals surface area contributed by atoms with Crippen LogP contribution >= 0.6 is 11.8 Å². The van der Waals surface area contributed by atoms with Crippen LogP contribution in [0.2, 0.25) is 0 Å². The molecule has 1 heterocycles. The molecule has 0 radical (unpaired) electrons. The van der Waals surface area contributed by atoms with Crippen LogP contribution in [0.25, 0.3) is 6.08 Å². The number of hydrogen-bond acceptors (Lipinski definition) is 5. The molecule has 1 amide bonds. The van der Waals surface area contributed by atoms with Gasteiger partial charge in [0.1, 0.15) is 5.75 Å². The predicted octanol–water partition coefficient (Wildman–Crippen LogP) is 5.26. The first-order chi connectivity index (χ1) is 16.0. The molecule has 0 saturated carbocycles. The quantitative estimate of drug-likeness (QED) is 0.489. The molecule has 4 rings (SSSR count). The van der Waals surface area contributed by atoms with Gasteiger partial charge >= 0.3 is 5.97 Å². The second-order valence-corrected chi connectivity index (χ2v) is 8.48. The van der Waals surface area contributed by atoms with Crippen LogP contribution in [0, 0.1) is 6.92 Å². The fourth-order valence-corrected chi connectivity index (χ4v) is 4.18. The number of rotatable bonds is 7. The van der Waals surface area contributed by atoms with E-state index in [-0.39, 0.29) is 5.91 Å². The average Bonchev–Trinajstić information content (AvgIpc) is 3.09. The van der Waals surface area contributed by atoms with Gasteiger partial charge in [-0.1, -0.05) is 60.2 Å². The fraction of sp³-hybridized carbons (Fsp3) is 0.115. The number of amidine groups is 1. The van der Waals surface area contributed by atoms with Crippen LogP contribution in [-0.2, 0) is 16.1 Å². The highest BCUT2D eigenvalue weighted by Crippen LogP contribution is 2.35. The molecule has 0 bridgehead atoms. The molecule has 1 aliphatic heterocycles. The van der Waals surface area contributed by atoms with Gasteiger partial charge in [-0.2, -0.15) is 0 Å². The molecule has 0 aliphatic carbocycles. The molecule has 1 saturated heterocycles. The fourth-order valence-electron chi connectivity index (χ4n) is 3.18. The molecule has 1 fully saturated rings.